The average molecular weight is 272 g/mol. The van der Waals surface area contributed by atoms with Gasteiger partial charge >= 0.3 is 0 Å². The molecule has 1 aliphatic rings. The summed E-state index contributed by atoms with van der Waals surface area (Å²) in [5, 5.41) is 1.16. The molecule has 0 fully saturated rings. The van der Waals surface area contributed by atoms with Gasteiger partial charge in [0.15, 0.2) is 0 Å². The minimum absolute atomic E-state index is 0.321. The van der Waals surface area contributed by atoms with Crippen molar-refractivity contribution in [1.29, 1.82) is 0 Å². The Bertz CT molecular complexity index is 849. The predicted octanol–water partition coefficient (Wildman–Crippen LogP) is 4.02. The molecule has 2 heteroatoms. The van der Waals surface area contributed by atoms with Gasteiger partial charge in [-0.3, -0.25) is 9.98 Å². The first-order valence-electron chi connectivity index (χ1n) is 7.32. The van der Waals surface area contributed by atoms with Crippen LogP contribution in [0.15, 0.2) is 65.8 Å². The summed E-state index contributed by atoms with van der Waals surface area (Å²) in [5.41, 5.74) is 5.82. The van der Waals surface area contributed by atoms with Gasteiger partial charge in [0.25, 0.3) is 0 Å². The smallest absolute Gasteiger partial charge is 0.0740 e. The molecule has 2 nitrogen and oxygen atoms in total. The van der Waals surface area contributed by atoms with Crippen molar-refractivity contribution in [2.45, 2.75) is 19.4 Å². The first-order chi connectivity index (χ1) is 10.3. The number of hydrogen-bond acceptors (Lipinski definition) is 2. The van der Waals surface area contributed by atoms with Crippen molar-refractivity contribution in [3.05, 3.63) is 77.5 Å². The standard InChI is InChI=1S/C19H16N2/c1-13-10-14-6-2-4-8-17(14)19(21-13)16-11-15-7-3-5-9-18(15)20-12-16/h2-9,11-13H,10H2,1H3. The highest BCUT2D eigenvalue weighted by molar-refractivity contribution is 6.15. The SMILES string of the molecule is CC1Cc2ccccc2C(c2cnc3ccccc3c2)=N1. The second-order valence-corrected chi connectivity index (χ2v) is 5.60. The summed E-state index contributed by atoms with van der Waals surface area (Å²) in [7, 11) is 0. The van der Waals surface area contributed by atoms with Gasteiger partial charge in [-0.2, -0.15) is 0 Å². The van der Waals surface area contributed by atoms with E-state index < -0.39 is 0 Å². The van der Waals surface area contributed by atoms with E-state index in [4.69, 9.17) is 4.99 Å². The Morgan fingerprint density at radius 3 is 2.76 bits per heavy atom. The first-order valence-corrected chi connectivity index (χ1v) is 7.32. The lowest BCUT2D eigenvalue weighted by molar-refractivity contribution is 0.728. The van der Waals surface area contributed by atoms with Crippen LogP contribution in [0.25, 0.3) is 10.9 Å². The zero-order chi connectivity index (χ0) is 14.2. The normalized spacial score (nSPS) is 17.4. The fraction of sp³-hybridized carbons (Fsp3) is 0.158. The number of aliphatic imine (C=N–C) groups is 1. The molecule has 1 unspecified atom stereocenters. The highest BCUT2D eigenvalue weighted by atomic mass is 14.8. The minimum Gasteiger partial charge on any atom is -0.281 e. The monoisotopic (exact) mass is 272 g/mol. The molecule has 0 radical (unpaired) electrons. The molecule has 102 valence electrons. The van der Waals surface area contributed by atoms with Crippen LogP contribution in [0.1, 0.15) is 23.6 Å². The van der Waals surface area contributed by atoms with Gasteiger partial charge in [-0.1, -0.05) is 42.5 Å². The summed E-state index contributed by atoms with van der Waals surface area (Å²) < 4.78 is 0. The molecule has 2 heterocycles. The summed E-state index contributed by atoms with van der Waals surface area (Å²) in [6, 6.07) is 19.3. The van der Waals surface area contributed by atoms with Gasteiger partial charge in [-0.25, -0.2) is 0 Å². The molecule has 4 rings (SSSR count). The summed E-state index contributed by atoms with van der Waals surface area (Å²) >= 11 is 0. The van der Waals surface area contributed by atoms with Crippen LogP contribution in [0.4, 0.5) is 0 Å². The van der Waals surface area contributed by atoms with E-state index >= 15 is 0 Å². The number of rotatable bonds is 1. The third-order valence-corrected chi connectivity index (χ3v) is 4.00. The fourth-order valence-electron chi connectivity index (χ4n) is 3.01. The van der Waals surface area contributed by atoms with Crippen molar-refractivity contribution < 1.29 is 0 Å². The molecule has 1 aromatic heterocycles. The molecular formula is C19H16N2. The average Bonchev–Trinajstić information content (AvgIpc) is 2.53. The second kappa shape index (κ2) is 4.81. The third-order valence-electron chi connectivity index (χ3n) is 4.00. The van der Waals surface area contributed by atoms with Gasteiger partial charge in [0.2, 0.25) is 0 Å². The van der Waals surface area contributed by atoms with Gasteiger partial charge in [0, 0.05) is 22.7 Å². The number of fused-ring (bicyclic) bond motifs is 2. The number of pyridine rings is 1. The molecule has 0 bridgehead atoms. The molecule has 0 saturated heterocycles. The summed E-state index contributed by atoms with van der Waals surface area (Å²) in [4.78, 5) is 9.45. The molecular weight excluding hydrogens is 256 g/mol. The van der Waals surface area contributed by atoms with Gasteiger partial charge in [-0.05, 0) is 31.0 Å². The lowest BCUT2D eigenvalue weighted by Crippen LogP contribution is -2.19. The van der Waals surface area contributed by atoms with Crippen molar-refractivity contribution in [3.63, 3.8) is 0 Å². The molecule has 0 N–H and O–H groups in total. The van der Waals surface area contributed by atoms with Gasteiger partial charge in [-0.15, -0.1) is 0 Å². The summed E-state index contributed by atoms with van der Waals surface area (Å²) in [6.07, 6.45) is 2.96. The molecule has 1 atom stereocenters. The lowest BCUT2D eigenvalue weighted by Gasteiger charge is -2.21. The van der Waals surface area contributed by atoms with Gasteiger partial charge < -0.3 is 0 Å². The van der Waals surface area contributed by atoms with E-state index in [1.165, 1.54) is 11.1 Å². The Morgan fingerprint density at radius 1 is 1.00 bits per heavy atom. The molecule has 0 saturated carbocycles. The van der Waals surface area contributed by atoms with Crippen LogP contribution in [0.5, 0.6) is 0 Å². The second-order valence-electron chi connectivity index (χ2n) is 5.60. The van der Waals surface area contributed by atoms with E-state index in [-0.39, 0.29) is 0 Å². The molecule has 1 aliphatic heterocycles. The lowest BCUT2D eigenvalue weighted by atomic mass is 9.91. The Labute approximate surface area is 124 Å². The predicted molar refractivity (Wildman–Crippen MR) is 87.0 cm³/mol. The fourth-order valence-corrected chi connectivity index (χ4v) is 3.01. The maximum Gasteiger partial charge on any atom is 0.0740 e. The molecule has 3 aromatic rings. The molecule has 0 spiro atoms. The number of hydrogen-bond donors (Lipinski definition) is 0. The number of para-hydroxylation sites is 1. The van der Waals surface area contributed by atoms with Crippen LogP contribution in [0.2, 0.25) is 0 Å². The van der Waals surface area contributed by atoms with Gasteiger partial charge in [0.05, 0.1) is 17.3 Å². The Morgan fingerprint density at radius 2 is 1.81 bits per heavy atom. The van der Waals surface area contributed by atoms with Crippen molar-refractivity contribution >= 4 is 16.6 Å². The van der Waals surface area contributed by atoms with Crippen LogP contribution >= 0.6 is 0 Å². The van der Waals surface area contributed by atoms with Gasteiger partial charge in [0.1, 0.15) is 0 Å². The topological polar surface area (TPSA) is 25.2 Å². The van der Waals surface area contributed by atoms with Crippen LogP contribution in [-0.4, -0.2) is 16.7 Å². The van der Waals surface area contributed by atoms with E-state index in [0.29, 0.717) is 6.04 Å². The zero-order valence-corrected chi connectivity index (χ0v) is 12.0. The van der Waals surface area contributed by atoms with Crippen LogP contribution in [0.3, 0.4) is 0 Å². The highest BCUT2D eigenvalue weighted by Gasteiger charge is 2.19. The number of aromatic nitrogens is 1. The van der Waals surface area contributed by atoms with Crippen LogP contribution in [0, 0.1) is 0 Å². The quantitative estimate of drug-likeness (QED) is 0.657. The van der Waals surface area contributed by atoms with E-state index in [2.05, 4.69) is 48.3 Å². The zero-order valence-electron chi connectivity index (χ0n) is 12.0. The maximum atomic E-state index is 4.88. The Kier molecular flexibility index (Phi) is 2.81. The maximum absolute atomic E-state index is 4.88. The van der Waals surface area contributed by atoms with Crippen molar-refractivity contribution in [3.8, 4) is 0 Å². The van der Waals surface area contributed by atoms with Crippen molar-refractivity contribution in [1.82, 2.24) is 4.98 Å². The minimum atomic E-state index is 0.321. The van der Waals surface area contributed by atoms with Crippen LogP contribution in [-0.2, 0) is 6.42 Å². The number of nitrogens with zero attached hydrogens (tertiary/aromatic N) is 2. The van der Waals surface area contributed by atoms with Crippen molar-refractivity contribution in [2.75, 3.05) is 0 Å². The molecule has 0 amide bonds. The third kappa shape index (κ3) is 2.13. The summed E-state index contributed by atoms with van der Waals surface area (Å²) in [5.74, 6) is 0. The highest BCUT2D eigenvalue weighted by Crippen LogP contribution is 2.24. The molecule has 0 aliphatic carbocycles. The summed E-state index contributed by atoms with van der Waals surface area (Å²) in [6.45, 7) is 2.17. The van der Waals surface area contributed by atoms with E-state index in [1.807, 2.05) is 24.4 Å². The van der Waals surface area contributed by atoms with Crippen LogP contribution < -0.4 is 0 Å². The number of benzene rings is 2. The first kappa shape index (κ1) is 12.3. The van der Waals surface area contributed by atoms with E-state index in [9.17, 15) is 0 Å². The van der Waals surface area contributed by atoms with E-state index in [0.717, 1.165) is 28.6 Å². The molecule has 21 heavy (non-hydrogen) atoms. The Balaban J connectivity index is 1.90. The largest absolute Gasteiger partial charge is 0.281 e. The molecule has 2 aromatic carbocycles. The van der Waals surface area contributed by atoms with Crippen molar-refractivity contribution in [2.24, 2.45) is 4.99 Å². The van der Waals surface area contributed by atoms with E-state index in [1.54, 1.807) is 0 Å². The Hall–Kier alpha value is -2.48.